The van der Waals surface area contributed by atoms with Crippen LogP contribution in [0.2, 0.25) is 0 Å². The molecule has 2 fully saturated rings. The summed E-state index contributed by atoms with van der Waals surface area (Å²) in [6.45, 7) is 0.104. The van der Waals surface area contributed by atoms with Crippen LogP contribution >= 0.6 is 0 Å². The van der Waals surface area contributed by atoms with Crippen LogP contribution in [0.5, 0.6) is 0 Å². The average molecular weight is 286 g/mol. The summed E-state index contributed by atoms with van der Waals surface area (Å²) in [6, 6.07) is 3.77. The van der Waals surface area contributed by atoms with E-state index in [1.54, 1.807) is 28.8 Å². The lowest BCUT2D eigenvalue weighted by Crippen LogP contribution is -2.63. The molecule has 1 saturated carbocycles. The van der Waals surface area contributed by atoms with Crippen molar-refractivity contribution < 1.29 is 9.59 Å². The predicted octanol–water partition coefficient (Wildman–Crippen LogP) is 0.780. The molecule has 1 aliphatic heterocycles. The van der Waals surface area contributed by atoms with Crippen molar-refractivity contribution >= 4 is 11.8 Å². The van der Waals surface area contributed by atoms with Crippen LogP contribution in [-0.4, -0.2) is 39.9 Å². The largest absolute Gasteiger partial charge is 0.350 e. The first-order valence-electron chi connectivity index (χ1n) is 7.27. The Kier molecular flexibility index (Phi) is 3.42. The van der Waals surface area contributed by atoms with Gasteiger partial charge in [-0.3, -0.25) is 9.59 Å². The number of carbonyl (C=O) groups excluding carboxylic acids is 2. The number of hydrogen-bond acceptors (Lipinski definition) is 3. The summed E-state index contributed by atoms with van der Waals surface area (Å²) in [6.07, 6.45) is 5.65. The smallest absolute Gasteiger partial charge is 0.271 e. The van der Waals surface area contributed by atoms with Gasteiger partial charge < -0.3 is 14.8 Å². The third-order valence-corrected chi connectivity index (χ3v) is 4.40. The number of piperazine rings is 1. The Balaban J connectivity index is 1.89. The fourth-order valence-corrected chi connectivity index (χ4v) is 3.38. The minimum atomic E-state index is -0.161. The minimum Gasteiger partial charge on any atom is -0.350 e. The van der Waals surface area contributed by atoms with Gasteiger partial charge in [-0.2, -0.15) is 5.26 Å². The second-order valence-corrected chi connectivity index (χ2v) is 5.80. The van der Waals surface area contributed by atoms with Gasteiger partial charge in [-0.1, -0.05) is 12.8 Å². The van der Waals surface area contributed by atoms with Gasteiger partial charge in [0.15, 0.2) is 0 Å². The maximum atomic E-state index is 12.8. The zero-order valence-corrected chi connectivity index (χ0v) is 12.0. The van der Waals surface area contributed by atoms with Crippen molar-refractivity contribution in [2.45, 2.75) is 37.8 Å². The van der Waals surface area contributed by atoms with E-state index in [9.17, 15) is 9.59 Å². The van der Waals surface area contributed by atoms with E-state index in [1.165, 1.54) is 0 Å². The number of rotatable bonds is 1. The van der Waals surface area contributed by atoms with E-state index in [1.807, 2.05) is 6.07 Å². The molecule has 2 unspecified atom stereocenters. The van der Waals surface area contributed by atoms with E-state index >= 15 is 0 Å². The van der Waals surface area contributed by atoms with Crippen LogP contribution in [-0.2, 0) is 11.8 Å². The summed E-state index contributed by atoms with van der Waals surface area (Å²) < 4.78 is 1.66. The minimum absolute atomic E-state index is 0.0691. The number of carbonyl (C=O) groups is 2. The van der Waals surface area contributed by atoms with E-state index in [0.29, 0.717) is 11.3 Å². The average Bonchev–Trinajstić information content (AvgIpc) is 2.86. The van der Waals surface area contributed by atoms with Gasteiger partial charge in [0.2, 0.25) is 5.91 Å². The third-order valence-electron chi connectivity index (χ3n) is 4.40. The highest BCUT2D eigenvalue weighted by atomic mass is 16.2. The van der Waals surface area contributed by atoms with Crippen molar-refractivity contribution in [2.75, 3.05) is 6.54 Å². The van der Waals surface area contributed by atoms with Gasteiger partial charge in [0.25, 0.3) is 5.91 Å². The first kappa shape index (κ1) is 13.7. The zero-order chi connectivity index (χ0) is 15.0. The van der Waals surface area contributed by atoms with Gasteiger partial charge in [0.05, 0.1) is 11.6 Å². The normalized spacial score (nSPS) is 25.0. The second kappa shape index (κ2) is 5.24. The van der Waals surface area contributed by atoms with Crippen LogP contribution in [0.15, 0.2) is 12.3 Å². The van der Waals surface area contributed by atoms with Gasteiger partial charge in [-0.15, -0.1) is 0 Å². The molecular weight excluding hydrogens is 268 g/mol. The Labute approximate surface area is 123 Å². The van der Waals surface area contributed by atoms with E-state index in [2.05, 4.69) is 5.32 Å². The van der Waals surface area contributed by atoms with Crippen LogP contribution in [0, 0.1) is 11.3 Å². The summed E-state index contributed by atoms with van der Waals surface area (Å²) in [5, 5.41) is 11.9. The highest BCUT2D eigenvalue weighted by molar-refractivity contribution is 5.96. The van der Waals surface area contributed by atoms with Crippen LogP contribution in [0.4, 0.5) is 0 Å². The number of nitrogens with zero attached hydrogens (tertiary/aromatic N) is 3. The van der Waals surface area contributed by atoms with Gasteiger partial charge >= 0.3 is 0 Å². The van der Waals surface area contributed by atoms with Crippen molar-refractivity contribution in [3.8, 4) is 6.07 Å². The fourth-order valence-electron chi connectivity index (χ4n) is 3.38. The van der Waals surface area contributed by atoms with E-state index in [0.717, 1.165) is 25.7 Å². The molecular formula is C15H18N4O2. The molecule has 21 heavy (non-hydrogen) atoms. The Morgan fingerprint density at radius 1 is 1.43 bits per heavy atom. The van der Waals surface area contributed by atoms with Crippen molar-refractivity contribution in [1.29, 1.82) is 5.26 Å². The molecule has 0 bridgehead atoms. The highest BCUT2D eigenvalue weighted by Gasteiger charge is 2.39. The molecule has 0 radical (unpaired) electrons. The Morgan fingerprint density at radius 2 is 2.19 bits per heavy atom. The third kappa shape index (κ3) is 2.40. The van der Waals surface area contributed by atoms with E-state index in [-0.39, 0.29) is 30.4 Å². The van der Waals surface area contributed by atoms with Crippen molar-refractivity contribution in [3.63, 3.8) is 0 Å². The molecule has 3 rings (SSSR count). The second-order valence-electron chi connectivity index (χ2n) is 5.80. The highest BCUT2D eigenvalue weighted by Crippen LogP contribution is 2.27. The molecule has 1 aliphatic carbocycles. The number of amides is 2. The fraction of sp³-hybridized carbons (Fsp3) is 0.533. The van der Waals surface area contributed by atoms with Gasteiger partial charge in [0, 0.05) is 19.3 Å². The topological polar surface area (TPSA) is 78.1 Å². The maximum Gasteiger partial charge on any atom is 0.271 e. The number of aromatic nitrogens is 1. The van der Waals surface area contributed by atoms with Gasteiger partial charge in [0.1, 0.15) is 18.3 Å². The van der Waals surface area contributed by atoms with Crippen LogP contribution in [0.25, 0.3) is 0 Å². The molecule has 1 saturated heterocycles. The molecule has 1 N–H and O–H groups in total. The zero-order valence-electron chi connectivity index (χ0n) is 12.0. The molecule has 1 aromatic heterocycles. The SMILES string of the molecule is Cn1cc(C#N)cc1C(=O)N1CC(=O)NC2CCCCC21. The van der Waals surface area contributed by atoms with Crippen LogP contribution in [0.1, 0.15) is 41.7 Å². The number of nitrogens with one attached hydrogen (secondary N) is 1. The molecule has 0 spiro atoms. The Hall–Kier alpha value is -2.29. The number of aryl methyl sites for hydroxylation is 1. The Bertz CT molecular complexity index is 628. The first-order valence-corrected chi connectivity index (χ1v) is 7.27. The van der Waals surface area contributed by atoms with Crippen molar-refractivity contribution in [1.82, 2.24) is 14.8 Å². The van der Waals surface area contributed by atoms with E-state index in [4.69, 9.17) is 5.26 Å². The molecule has 0 aromatic carbocycles. The summed E-state index contributed by atoms with van der Waals surface area (Å²) in [5.74, 6) is -0.257. The lowest BCUT2D eigenvalue weighted by atomic mass is 9.87. The molecule has 1 aromatic rings. The lowest BCUT2D eigenvalue weighted by molar-refractivity contribution is -0.127. The van der Waals surface area contributed by atoms with Gasteiger partial charge in [-0.05, 0) is 18.9 Å². The van der Waals surface area contributed by atoms with Crippen molar-refractivity contribution in [2.24, 2.45) is 7.05 Å². The molecule has 2 atom stereocenters. The van der Waals surface area contributed by atoms with Crippen LogP contribution in [0.3, 0.4) is 0 Å². The molecule has 2 aliphatic rings. The van der Waals surface area contributed by atoms with Gasteiger partial charge in [-0.25, -0.2) is 0 Å². The van der Waals surface area contributed by atoms with Crippen LogP contribution < -0.4 is 5.32 Å². The van der Waals surface area contributed by atoms with E-state index < -0.39 is 0 Å². The summed E-state index contributed by atoms with van der Waals surface area (Å²) in [5.41, 5.74) is 0.924. The monoisotopic (exact) mass is 286 g/mol. The quantitative estimate of drug-likeness (QED) is 0.828. The molecule has 6 heteroatoms. The maximum absolute atomic E-state index is 12.8. The van der Waals surface area contributed by atoms with Crippen molar-refractivity contribution in [3.05, 3.63) is 23.5 Å². The summed E-state index contributed by atoms with van der Waals surface area (Å²) >= 11 is 0. The standard InChI is InChI=1S/C15H18N4O2/c1-18-8-10(7-16)6-13(18)15(21)19-9-14(20)17-11-4-2-3-5-12(11)19/h6,8,11-12H,2-5,9H2,1H3,(H,17,20). The molecule has 110 valence electrons. The lowest BCUT2D eigenvalue weighted by Gasteiger charge is -2.43. The summed E-state index contributed by atoms with van der Waals surface area (Å²) in [7, 11) is 1.75. The number of fused-ring (bicyclic) bond motifs is 1. The molecule has 2 heterocycles. The number of nitriles is 1. The first-order chi connectivity index (χ1) is 10.1. The predicted molar refractivity (Wildman–Crippen MR) is 75.4 cm³/mol. The molecule has 6 nitrogen and oxygen atoms in total. The number of hydrogen-bond donors (Lipinski definition) is 1. The Morgan fingerprint density at radius 3 is 2.90 bits per heavy atom. The summed E-state index contributed by atoms with van der Waals surface area (Å²) in [4.78, 5) is 26.3. The molecule has 2 amide bonds.